The Bertz CT molecular complexity index is 660. The highest BCUT2D eigenvalue weighted by molar-refractivity contribution is 6.10. The van der Waals surface area contributed by atoms with Gasteiger partial charge in [0.2, 0.25) is 0 Å². The van der Waals surface area contributed by atoms with Gasteiger partial charge in [-0.2, -0.15) is 0 Å². The average molecular weight is 274 g/mol. The number of carbonyl (C=O) groups excluding carboxylic acids is 1. The zero-order valence-corrected chi connectivity index (χ0v) is 11.8. The first kappa shape index (κ1) is 14.3. The summed E-state index contributed by atoms with van der Waals surface area (Å²) >= 11 is 0. The van der Waals surface area contributed by atoms with Gasteiger partial charge in [0, 0.05) is 29.7 Å². The van der Waals surface area contributed by atoms with E-state index in [1.807, 2.05) is 35.9 Å². The molecule has 1 unspecified atom stereocenters. The highest BCUT2D eigenvalue weighted by atomic mass is 16.4. The molecule has 0 aliphatic rings. The molecule has 0 bridgehead atoms. The third-order valence-corrected chi connectivity index (χ3v) is 3.59. The summed E-state index contributed by atoms with van der Waals surface area (Å²) in [6, 6.07) is 7.21. The molecule has 0 amide bonds. The minimum Gasteiger partial charge on any atom is -0.480 e. The van der Waals surface area contributed by atoms with Crippen LogP contribution in [0.2, 0.25) is 0 Å². The van der Waals surface area contributed by atoms with Gasteiger partial charge >= 0.3 is 5.97 Å². The number of carboxylic acids is 1. The van der Waals surface area contributed by atoms with Crippen LogP contribution in [0.3, 0.4) is 0 Å². The summed E-state index contributed by atoms with van der Waals surface area (Å²) in [6.07, 6.45) is 1.80. The SMILES string of the molecule is CC(C(=O)c1cn(C)c2ccccc12)N(C)CC(=O)O. The van der Waals surface area contributed by atoms with Crippen molar-refractivity contribution >= 4 is 22.7 Å². The molecule has 5 nitrogen and oxygen atoms in total. The van der Waals surface area contributed by atoms with Crippen molar-refractivity contribution in [3.05, 3.63) is 36.0 Å². The molecule has 106 valence electrons. The number of hydrogen-bond donors (Lipinski definition) is 1. The van der Waals surface area contributed by atoms with Gasteiger partial charge in [-0.3, -0.25) is 14.5 Å². The minimum atomic E-state index is -0.940. The number of carbonyl (C=O) groups is 2. The van der Waals surface area contributed by atoms with Gasteiger partial charge < -0.3 is 9.67 Å². The van der Waals surface area contributed by atoms with Gasteiger partial charge in [-0.05, 0) is 20.0 Å². The highest BCUT2D eigenvalue weighted by Crippen LogP contribution is 2.22. The van der Waals surface area contributed by atoms with Crippen LogP contribution in [-0.4, -0.2) is 46.0 Å². The number of benzene rings is 1. The molecule has 5 heteroatoms. The highest BCUT2D eigenvalue weighted by Gasteiger charge is 2.23. The second-order valence-corrected chi connectivity index (χ2v) is 5.02. The van der Waals surface area contributed by atoms with E-state index >= 15 is 0 Å². The van der Waals surface area contributed by atoms with Crippen molar-refractivity contribution in [2.45, 2.75) is 13.0 Å². The van der Waals surface area contributed by atoms with Crippen molar-refractivity contribution < 1.29 is 14.7 Å². The molecule has 0 saturated carbocycles. The normalized spacial score (nSPS) is 12.8. The topological polar surface area (TPSA) is 62.5 Å². The molecule has 0 fully saturated rings. The van der Waals surface area contributed by atoms with Crippen LogP contribution in [0, 0.1) is 0 Å². The Hall–Kier alpha value is -2.14. The molecule has 2 aromatic rings. The lowest BCUT2D eigenvalue weighted by Crippen LogP contribution is -2.39. The van der Waals surface area contributed by atoms with E-state index in [1.54, 1.807) is 20.2 Å². The van der Waals surface area contributed by atoms with Crippen molar-refractivity contribution in [2.24, 2.45) is 7.05 Å². The summed E-state index contributed by atoms with van der Waals surface area (Å²) < 4.78 is 1.91. The van der Waals surface area contributed by atoms with E-state index < -0.39 is 12.0 Å². The van der Waals surface area contributed by atoms with E-state index in [-0.39, 0.29) is 12.3 Å². The predicted octanol–water partition coefficient (Wildman–Crippen LogP) is 1.77. The smallest absolute Gasteiger partial charge is 0.317 e. The maximum absolute atomic E-state index is 12.5. The Morgan fingerprint density at radius 1 is 1.35 bits per heavy atom. The quantitative estimate of drug-likeness (QED) is 0.844. The number of hydrogen-bond acceptors (Lipinski definition) is 3. The molecule has 1 aromatic carbocycles. The Morgan fingerprint density at radius 2 is 2.00 bits per heavy atom. The number of carboxylic acid groups (broad SMARTS) is 1. The molecule has 0 aliphatic carbocycles. The van der Waals surface area contributed by atoms with Gasteiger partial charge in [0.15, 0.2) is 5.78 Å². The largest absolute Gasteiger partial charge is 0.480 e. The van der Waals surface area contributed by atoms with Crippen LogP contribution in [0.25, 0.3) is 10.9 Å². The third kappa shape index (κ3) is 2.58. The van der Waals surface area contributed by atoms with Crippen LogP contribution in [0.1, 0.15) is 17.3 Å². The first-order valence-electron chi connectivity index (χ1n) is 6.42. The number of Topliss-reactive ketones (excluding diaryl/α,β-unsaturated/α-hetero) is 1. The summed E-state index contributed by atoms with van der Waals surface area (Å²) in [5, 5.41) is 9.70. The fourth-order valence-corrected chi connectivity index (χ4v) is 2.31. The molecule has 1 N–H and O–H groups in total. The number of aliphatic carboxylic acids is 1. The van der Waals surface area contributed by atoms with Gasteiger partial charge in [-0.15, -0.1) is 0 Å². The van der Waals surface area contributed by atoms with Gasteiger partial charge in [0.25, 0.3) is 0 Å². The second-order valence-electron chi connectivity index (χ2n) is 5.02. The molecule has 0 aliphatic heterocycles. The minimum absolute atomic E-state index is 0.0643. The van der Waals surface area contributed by atoms with E-state index in [1.165, 1.54) is 4.90 Å². The van der Waals surface area contributed by atoms with Gasteiger partial charge in [-0.1, -0.05) is 18.2 Å². The number of rotatable bonds is 5. The fourth-order valence-electron chi connectivity index (χ4n) is 2.31. The van der Waals surface area contributed by atoms with Crippen molar-refractivity contribution in [1.82, 2.24) is 9.47 Å². The Morgan fingerprint density at radius 3 is 2.65 bits per heavy atom. The van der Waals surface area contributed by atoms with E-state index in [0.29, 0.717) is 5.56 Å². The first-order chi connectivity index (χ1) is 9.41. The van der Waals surface area contributed by atoms with Crippen molar-refractivity contribution in [3.63, 3.8) is 0 Å². The number of nitrogens with zero attached hydrogens (tertiary/aromatic N) is 2. The zero-order chi connectivity index (χ0) is 14.9. The molecule has 1 atom stereocenters. The summed E-state index contributed by atoms with van der Waals surface area (Å²) in [6.45, 7) is 1.57. The first-order valence-corrected chi connectivity index (χ1v) is 6.42. The van der Waals surface area contributed by atoms with E-state index in [4.69, 9.17) is 5.11 Å². The van der Waals surface area contributed by atoms with E-state index in [0.717, 1.165) is 10.9 Å². The molecular formula is C15H18N2O3. The molecule has 20 heavy (non-hydrogen) atoms. The number of fused-ring (bicyclic) bond motifs is 1. The molecule has 1 heterocycles. The monoisotopic (exact) mass is 274 g/mol. The van der Waals surface area contributed by atoms with Crippen LogP contribution in [-0.2, 0) is 11.8 Å². The Balaban J connectivity index is 2.34. The summed E-state index contributed by atoms with van der Waals surface area (Å²) in [5.74, 6) is -1.00. The maximum atomic E-state index is 12.5. The van der Waals surface area contributed by atoms with Crippen molar-refractivity contribution in [2.75, 3.05) is 13.6 Å². The van der Waals surface area contributed by atoms with Crippen LogP contribution < -0.4 is 0 Å². The summed E-state index contributed by atoms with van der Waals surface area (Å²) in [7, 11) is 3.53. The number of para-hydroxylation sites is 1. The van der Waals surface area contributed by atoms with Crippen molar-refractivity contribution in [3.8, 4) is 0 Å². The molecule has 0 radical (unpaired) electrons. The van der Waals surface area contributed by atoms with E-state index in [9.17, 15) is 9.59 Å². The molecular weight excluding hydrogens is 256 g/mol. The second kappa shape index (κ2) is 5.46. The van der Waals surface area contributed by atoms with Crippen molar-refractivity contribution in [1.29, 1.82) is 0 Å². The summed E-state index contributed by atoms with van der Waals surface area (Å²) in [4.78, 5) is 24.8. The Kier molecular flexibility index (Phi) is 3.90. The molecule has 0 spiro atoms. The van der Waals surface area contributed by atoms with Crippen LogP contribution in [0.4, 0.5) is 0 Å². The molecule has 0 saturated heterocycles. The molecule has 2 rings (SSSR count). The third-order valence-electron chi connectivity index (χ3n) is 3.59. The molecule has 1 aromatic heterocycles. The number of ketones is 1. The number of likely N-dealkylation sites (N-methyl/N-ethyl adjacent to an activating group) is 1. The van der Waals surface area contributed by atoms with Gasteiger partial charge in [0.05, 0.1) is 12.6 Å². The lowest BCUT2D eigenvalue weighted by molar-refractivity contribution is -0.138. The lowest BCUT2D eigenvalue weighted by atomic mass is 10.0. The van der Waals surface area contributed by atoms with Gasteiger partial charge in [-0.25, -0.2) is 0 Å². The van der Waals surface area contributed by atoms with Crippen LogP contribution in [0.15, 0.2) is 30.5 Å². The summed E-state index contributed by atoms with van der Waals surface area (Å²) in [5.41, 5.74) is 1.62. The standard InChI is InChI=1S/C15H18N2O3/c1-10(16(2)9-14(18)19)15(20)12-8-17(3)13-7-5-4-6-11(12)13/h4-8,10H,9H2,1-3H3,(H,18,19). The van der Waals surface area contributed by atoms with Gasteiger partial charge in [0.1, 0.15) is 0 Å². The Labute approximate surface area is 117 Å². The average Bonchev–Trinajstić information content (AvgIpc) is 2.74. The maximum Gasteiger partial charge on any atom is 0.317 e. The number of aromatic nitrogens is 1. The number of aryl methyl sites for hydroxylation is 1. The predicted molar refractivity (Wildman–Crippen MR) is 77.0 cm³/mol. The van der Waals surface area contributed by atoms with E-state index in [2.05, 4.69) is 0 Å². The fraction of sp³-hybridized carbons (Fsp3) is 0.333. The zero-order valence-electron chi connectivity index (χ0n) is 11.8. The van der Waals surface area contributed by atoms with Crippen LogP contribution in [0.5, 0.6) is 0 Å². The lowest BCUT2D eigenvalue weighted by Gasteiger charge is -2.21. The van der Waals surface area contributed by atoms with Crippen LogP contribution >= 0.6 is 0 Å².